The lowest BCUT2D eigenvalue weighted by atomic mass is 10.0. The van der Waals surface area contributed by atoms with Gasteiger partial charge in [-0.25, -0.2) is 0 Å². The van der Waals surface area contributed by atoms with Gasteiger partial charge in [0.1, 0.15) is 11.8 Å². The van der Waals surface area contributed by atoms with Gasteiger partial charge in [0.2, 0.25) is 5.91 Å². The minimum absolute atomic E-state index is 0.138. The molecule has 3 aromatic carbocycles. The minimum atomic E-state index is -0.652. The maximum Gasteiger partial charge on any atom is 0.261 e. The molecule has 0 aliphatic rings. The van der Waals surface area contributed by atoms with Gasteiger partial charge in [-0.3, -0.25) is 9.59 Å². The third-order valence-corrected chi connectivity index (χ3v) is 5.85. The standard InChI is InChI=1S/C30H36N2O3/c1-5-15-31-30(34)28(19-25-9-7-6-8-10-25)32(20-26-13-11-22(2)12-14-26)29(33)21-35-27-17-23(3)16-24(4)18-27/h6-14,16-18,28H,5,15,19-21H2,1-4H3,(H,31,34)/t28-/m1/s1. The summed E-state index contributed by atoms with van der Waals surface area (Å²) in [4.78, 5) is 28.6. The van der Waals surface area contributed by atoms with Crippen LogP contribution in [0.1, 0.15) is 41.2 Å². The Bertz CT molecular complexity index is 1090. The fraction of sp³-hybridized carbons (Fsp3) is 0.333. The minimum Gasteiger partial charge on any atom is -0.484 e. The molecule has 0 bridgehead atoms. The van der Waals surface area contributed by atoms with Gasteiger partial charge < -0.3 is 15.0 Å². The van der Waals surface area contributed by atoms with Gasteiger partial charge in [0.15, 0.2) is 6.61 Å². The molecule has 5 nitrogen and oxygen atoms in total. The SMILES string of the molecule is CCCNC(=O)[C@@H](Cc1ccccc1)N(Cc1ccc(C)cc1)C(=O)COc1cc(C)cc(C)c1. The smallest absolute Gasteiger partial charge is 0.261 e. The molecule has 0 spiro atoms. The topological polar surface area (TPSA) is 58.6 Å². The molecule has 3 rings (SSSR count). The number of ether oxygens (including phenoxy) is 1. The maximum atomic E-state index is 13.6. The van der Waals surface area contributed by atoms with Gasteiger partial charge in [-0.15, -0.1) is 0 Å². The Balaban J connectivity index is 1.89. The third kappa shape index (κ3) is 7.99. The zero-order chi connectivity index (χ0) is 25.2. The van der Waals surface area contributed by atoms with Crippen LogP contribution in [0.25, 0.3) is 0 Å². The molecule has 35 heavy (non-hydrogen) atoms. The maximum absolute atomic E-state index is 13.6. The summed E-state index contributed by atoms with van der Waals surface area (Å²) >= 11 is 0. The number of hydrogen-bond donors (Lipinski definition) is 1. The lowest BCUT2D eigenvalue weighted by molar-refractivity contribution is -0.142. The van der Waals surface area contributed by atoms with Crippen molar-refractivity contribution in [3.05, 3.63) is 101 Å². The molecule has 0 radical (unpaired) electrons. The van der Waals surface area contributed by atoms with Gasteiger partial charge in [0.25, 0.3) is 5.91 Å². The van der Waals surface area contributed by atoms with Crippen LogP contribution < -0.4 is 10.1 Å². The number of carbonyl (C=O) groups is 2. The molecule has 0 heterocycles. The highest BCUT2D eigenvalue weighted by Gasteiger charge is 2.30. The first kappa shape index (κ1) is 26.0. The highest BCUT2D eigenvalue weighted by Crippen LogP contribution is 2.19. The van der Waals surface area contributed by atoms with Gasteiger partial charge >= 0.3 is 0 Å². The van der Waals surface area contributed by atoms with Crippen molar-refractivity contribution in [2.45, 2.75) is 53.1 Å². The average Bonchev–Trinajstić information content (AvgIpc) is 2.84. The van der Waals surface area contributed by atoms with Crippen molar-refractivity contribution < 1.29 is 14.3 Å². The number of amides is 2. The summed E-state index contributed by atoms with van der Waals surface area (Å²) < 4.78 is 5.91. The molecule has 0 aliphatic carbocycles. The van der Waals surface area contributed by atoms with Crippen molar-refractivity contribution in [1.29, 1.82) is 0 Å². The van der Waals surface area contributed by atoms with E-state index in [1.807, 2.05) is 94.4 Å². The van der Waals surface area contributed by atoms with Crippen molar-refractivity contribution in [2.24, 2.45) is 0 Å². The van der Waals surface area contributed by atoms with Crippen molar-refractivity contribution in [3.63, 3.8) is 0 Å². The Morgan fingerprint density at radius 3 is 2.14 bits per heavy atom. The molecule has 1 N–H and O–H groups in total. The summed E-state index contributed by atoms with van der Waals surface area (Å²) in [5.41, 5.74) is 5.26. The number of rotatable bonds is 11. The first-order valence-corrected chi connectivity index (χ1v) is 12.2. The summed E-state index contributed by atoms with van der Waals surface area (Å²) in [5.74, 6) is 0.279. The lowest BCUT2D eigenvalue weighted by Gasteiger charge is -2.31. The number of benzene rings is 3. The molecule has 184 valence electrons. The zero-order valence-electron chi connectivity index (χ0n) is 21.2. The molecule has 1 atom stereocenters. The van der Waals surface area contributed by atoms with E-state index in [0.29, 0.717) is 25.3 Å². The summed E-state index contributed by atoms with van der Waals surface area (Å²) in [6, 6.07) is 23.1. The number of aryl methyl sites for hydroxylation is 3. The fourth-order valence-corrected chi connectivity index (χ4v) is 4.05. The van der Waals surface area contributed by atoms with Crippen molar-refractivity contribution in [1.82, 2.24) is 10.2 Å². The van der Waals surface area contributed by atoms with Gasteiger partial charge in [-0.1, -0.05) is 73.2 Å². The van der Waals surface area contributed by atoms with E-state index in [0.717, 1.165) is 34.2 Å². The van der Waals surface area contributed by atoms with Gasteiger partial charge in [-0.2, -0.15) is 0 Å². The molecule has 3 aromatic rings. The van der Waals surface area contributed by atoms with Crippen LogP contribution in [0, 0.1) is 20.8 Å². The molecule has 0 saturated carbocycles. The summed E-state index contributed by atoms with van der Waals surface area (Å²) in [7, 11) is 0. The molecule has 0 aliphatic heterocycles. The predicted octanol–water partition coefficient (Wildman–Crippen LogP) is 5.16. The molecular weight excluding hydrogens is 436 g/mol. The van der Waals surface area contributed by atoms with Gasteiger partial charge in [0, 0.05) is 19.5 Å². The van der Waals surface area contributed by atoms with Gasteiger partial charge in [0.05, 0.1) is 0 Å². The fourth-order valence-electron chi connectivity index (χ4n) is 4.05. The Labute approximate surface area is 209 Å². The number of nitrogens with zero attached hydrogens (tertiary/aromatic N) is 1. The first-order chi connectivity index (χ1) is 16.9. The molecule has 0 unspecified atom stereocenters. The Morgan fingerprint density at radius 2 is 1.51 bits per heavy atom. The van der Waals surface area contributed by atoms with E-state index >= 15 is 0 Å². The second-order valence-corrected chi connectivity index (χ2v) is 9.12. The summed E-state index contributed by atoms with van der Waals surface area (Å²) in [5, 5.41) is 3.00. The van der Waals surface area contributed by atoms with Crippen LogP contribution in [-0.4, -0.2) is 35.9 Å². The van der Waals surface area contributed by atoms with E-state index in [1.54, 1.807) is 4.90 Å². The first-order valence-electron chi connectivity index (χ1n) is 12.2. The van der Waals surface area contributed by atoms with E-state index in [4.69, 9.17) is 4.74 Å². The quantitative estimate of drug-likeness (QED) is 0.420. The number of nitrogens with one attached hydrogen (secondary N) is 1. The van der Waals surface area contributed by atoms with Crippen molar-refractivity contribution in [2.75, 3.05) is 13.2 Å². The molecular formula is C30H36N2O3. The van der Waals surface area contributed by atoms with Crippen LogP contribution in [0.5, 0.6) is 5.75 Å². The Morgan fingerprint density at radius 1 is 0.857 bits per heavy atom. The highest BCUT2D eigenvalue weighted by molar-refractivity contribution is 5.88. The van der Waals surface area contributed by atoms with E-state index in [9.17, 15) is 9.59 Å². The van der Waals surface area contributed by atoms with Crippen LogP contribution in [0.15, 0.2) is 72.8 Å². The van der Waals surface area contributed by atoms with E-state index in [2.05, 4.69) is 11.4 Å². The Hall–Kier alpha value is -3.60. The molecule has 5 heteroatoms. The summed E-state index contributed by atoms with van der Waals surface area (Å²) in [6.07, 6.45) is 1.25. The second-order valence-electron chi connectivity index (χ2n) is 9.12. The van der Waals surface area contributed by atoms with Crippen LogP contribution in [0.2, 0.25) is 0 Å². The molecule has 2 amide bonds. The largest absolute Gasteiger partial charge is 0.484 e. The molecule has 0 saturated heterocycles. The molecule has 0 aromatic heterocycles. The zero-order valence-corrected chi connectivity index (χ0v) is 21.2. The Kier molecular flexibility index (Phi) is 9.47. The number of hydrogen-bond acceptors (Lipinski definition) is 3. The van der Waals surface area contributed by atoms with E-state index in [1.165, 1.54) is 0 Å². The van der Waals surface area contributed by atoms with Gasteiger partial charge in [-0.05, 0) is 61.6 Å². The molecule has 0 fully saturated rings. The van der Waals surface area contributed by atoms with Crippen LogP contribution in [0.3, 0.4) is 0 Å². The average molecular weight is 473 g/mol. The monoisotopic (exact) mass is 472 g/mol. The third-order valence-electron chi connectivity index (χ3n) is 5.85. The van der Waals surface area contributed by atoms with Crippen molar-refractivity contribution >= 4 is 11.8 Å². The van der Waals surface area contributed by atoms with Crippen LogP contribution >= 0.6 is 0 Å². The number of carbonyl (C=O) groups excluding carboxylic acids is 2. The highest BCUT2D eigenvalue weighted by atomic mass is 16.5. The lowest BCUT2D eigenvalue weighted by Crippen LogP contribution is -2.51. The van der Waals surface area contributed by atoms with E-state index < -0.39 is 6.04 Å². The van der Waals surface area contributed by atoms with Crippen LogP contribution in [0.4, 0.5) is 0 Å². The van der Waals surface area contributed by atoms with E-state index in [-0.39, 0.29) is 18.4 Å². The predicted molar refractivity (Wildman–Crippen MR) is 140 cm³/mol. The van der Waals surface area contributed by atoms with Crippen LogP contribution in [-0.2, 0) is 22.6 Å². The second kappa shape index (κ2) is 12.7. The van der Waals surface area contributed by atoms with Crippen molar-refractivity contribution in [3.8, 4) is 5.75 Å². The summed E-state index contributed by atoms with van der Waals surface area (Å²) in [6.45, 7) is 8.79. The normalized spacial score (nSPS) is 11.5.